The van der Waals surface area contributed by atoms with Crippen LogP contribution in [0.15, 0.2) is 54.7 Å². The van der Waals surface area contributed by atoms with E-state index in [0.717, 1.165) is 48.3 Å². The Labute approximate surface area is 175 Å². The number of fused-ring (bicyclic) bond motifs is 1. The van der Waals surface area contributed by atoms with E-state index in [2.05, 4.69) is 56.9 Å². The number of nitrogens with zero attached hydrogens (tertiary/aromatic N) is 2. The highest BCUT2D eigenvalue weighted by Gasteiger charge is 2.20. The summed E-state index contributed by atoms with van der Waals surface area (Å²) in [5, 5.41) is 0. The van der Waals surface area contributed by atoms with Crippen LogP contribution in [0.5, 0.6) is 0 Å². The van der Waals surface area contributed by atoms with Crippen molar-refractivity contribution >= 4 is 11.3 Å². The number of carbonyl (C=O) groups is 1. The predicted molar refractivity (Wildman–Crippen MR) is 122 cm³/mol. The van der Waals surface area contributed by atoms with Crippen LogP contribution < -0.4 is 0 Å². The van der Waals surface area contributed by atoms with Crippen molar-refractivity contribution in [3.8, 4) is 0 Å². The monoisotopic (exact) mass is 390 g/mol. The van der Waals surface area contributed by atoms with Gasteiger partial charge >= 0.3 is 0 Å². The van der Waals surface area contributed by atoms with Crippen molar-refractivity contribution in [3.05, 3.63) is 77.1 Å². The molecule has 29 heavy (non-hydrogen) atoms. The zero-order chi connectivity index (χ0) is 20.8. The third-order valence-corrected chi connectivity index (χ3v) is 5.69. The van der Waals surface area contributed by atoms with E-state index in [-0.39, 0.29) is 5.78 Å². The van der Waals surface area contributed by atoms with E-state index in [1.54, 1.807) is 0 Å². The number of aromatic nitrogens is 1. The Balaban J connectivity index is 1.74. The molecule has 0 aliphatic rings. The van der Waals surface area contributed by atoms with E-state index in [9.17, 15) is 4.79 Å². The molecular weight excluding hydrogens is 356 g/mol. The Morgan fingerprint density at radius 1 is 1.03 bits per heavy atom. The Morgan fingerprint density at radius 2 is 1.79 bits per heavy atom. The summed E-state index contributed by atoms with van der Waals surface area (Å²) in [5.74, 6) is 0.407. The number of hydrogen-bond donors (Lipinski definition) is 0. The molecule has 0 aliphatic heterocycles. The summed E-state index contributed by atoms with van der Waals surface area (Å²) in [4.78, 5) is 15.8. The molecule has 0 unspecified atom stereocenters. The van der Waals surface area contributed by atoms with Gasteiger partial charge in [0.25, 0.3) is 0 Å². The molecule has 2 heterocycles. The van der Waals surface area contributed by atoms with E-state index in [0.29, 0.717) is 5.92 Å². The first-order valence-electron chi connectivity index (χ1n) is 11.0. The fraction of sp³-hybridized carbons (Fsp3) is 0.423. The number of benzene rings is 1. The maximum atomic E-state index is 13.3. The molecule has 0 saturated heterocycles. The summed E-state index contributed by atoms with van der Waals surface area (Å²) in [6, 6.07) is 16.4. The maximum absolute atomic E-state index is 13.3. The SMILES string of the molecule is CCCN(CC)CCCc1ccc(C(=O)c2c(C(C)C)cc3ccccn23)cc1. The molecule has 3 heteroatoms. The summed E-state index contributed by atoms with van der Waals surface area (Å²) in [6.45, 7) is 12.2. The number of rotatable bonds is 10. The van der Waals surface area contributed by atoms with Crippen molar-refractivity contribution in [1.82, 2.24) is 9.30 Å². The van der Waals surface area contributed by atoms with E-state index in [4.69, 9.17) is 0 Å². The Bertz CT molecular complexity index is 937. The molecule has 0 bridgehead atoms. The van der Waals surface area contributed by atoms with Crippen LogP contribution in [-0.2, 0) is 6.42 Å². The van der Waals surface area contributed by atoms with E-state index >= 15 is 0 Å². The number of carbonyl (C=O) groups excluding carboxylic acids is 1. The van der Waals surface area contributed by atoms with Crippen molar-refractivity contribution in [1.29, 1.82) is 0 Å². The van der Waals surface area contributed by atoms with Gasteiger partial charge in [-0.1, -0.05) is 58.0 Å². The van der Waals surface area contributed by atoms with Gasteiger partial charge < -0.3 is 9.30 Å². The van der Waals surface area contributed by atoms with Crippen LogP contribution in [0.1, 0.15) is 73.6 Å². The summed E-state index contributed by atoms with van der Waals surface area (Å²) in [7, 11) is 0. The second kappa shape index (κ2) is 9.89. The number of ketones is 1. The van der Waals surface area contributed by atoms with E-state index < -0.39 is 0 Å². The van der Waals surface area contributed by atoms with Crippen LogP contribution in [0.3, 0.4) is 0 Å². The standard InChI is InChI=1S/C26H34N2O/c1-5-16-27(6-2)17-9-10-21-12-14-22(15-13-21)26(29)25-24(20(3)4)19-23-11-7-8-18-28(23)25/h7-8,11-15,18-20H,5-6,9-10,16-17H2,1-4H3. The molecule has 3 aromatic rings. The van der Waals surface area contributed by atoms with Gasteiger partial charge in [0.05, 0.1) is 5.69 Å². The van der Waals surface area contributed by atoms with Crippen molar-refractivity contribution < 1.29 is 4.79 Å². The molecule has 3 rings (SSSR count). The van der Waals surface area contributed by atoms with Gasteiger partial charge in [-0.25, -0.2) is 0 Å². The summed E-state index contributed by atoms with van der Waals surface area (Å²) in [5.41, 5.74) is 5.05. The minimum Gasteiger partial charge on any atom is -0.313 e. The molecule has 0 atom stereocenters. The largest absolute Gasteiger partial charge is 0.313 e. The average molecular weight is 391 g/mol. The minimum absolute atomic E-state index is 0.103. The predicted octanol–water partition coefficient (Wildman–Crippen LogP) is 5.96. The molecule has 0 radical (unpaired) electrons. The van der Waals surface area contributed by atoms with Crippen molar-refractivity contribution in [3.63, 3.8) is 0 Å². The Hall–Kier alpha value is -2.39. The first-order chi connectivity index (χ1) is 14.0. The van der Waals surface area contributed by atoms with Crippen LogP contribution in [0.4, 0.5) is 0 Å². The first kappa shape index (κ1) is 21.3. The smallest absolute Gasteiger partial charge is 0.210 e. The zero-order valence-electron chi connectivity index (χ0n) is 18.3. The molecule has 0 amide bonds. The van der Waals surface area contributed by atoms with Gasteiger partial charge in [0.2, 0.25) is 5.78 Å². The summed E-state index contributed by atoms with van der Waals surface area (Å²) < 4.78 is 2.03. The fourth-order valence-electron chi connectivity index (χ4n) is 4.04. The number of hydrogen-bond acceptors (Lipinski definition) is 2. The lowest BCUT2D eigenvalue weighted by molar-refractivity contribution is 0.103. The van der Waals surface area contributed by atoms with Crippen molar-refractivity contribution in [2.45, 2.75) is 52.9 Å². The highest BCUT2D eigenvalue weighted by molar-refractivity contribution is 6.09. The number of pyridine rings is 1. The molecule has 0 saturated carbocycles. The third-order valence-electron chi connectivity index (χ3n) is 5.69. The Morgan fingerprint density at radius 3 is 2.45 bits per heavy atom. The lowest BCUT2D eigenvalue weighted by atomic mass is 9.97. The normalized spacial score (nSPS) is 11.7. The molecule has 0 N–H and O–H groups in total. The molecule has 1 aromatic carbocycles. The number of aryl methyl sites for hydroxylation is 1. The molecule has 3 nitrogen and oxygen atoms in total. The Kier molecular flexibility index (Phi) is 7.27. The molecule has 2 aromatic heterocycles. The highest BCUT2D eigenvalue weighted by atomic mass is 16.1. The average Bonchev–Trinajstić information content (AvgIpc) is 3.13. The van der Waals surface area contributed by atoms with E-state index in [1.165, 1.54) is 18.5 Å². The van der Waals surface area contributed by atoms with Gasteiger partial charge in [-0.15, -0.1) is 0 Å². The molecule has 154 valence electrons. The highest BCUT2D eigenvalue weighted by Crippen LogP contribution is 2.26. The topological polar surface area (TPSA) is 24.7 Å². The van der Waals surface area contributed by atoms with Gasteiger partial charge in [0, 0.05) is 17.3 Å². The maximum Gasteiger partial charge on any atom is 0.210 e. The molecule has 0 fully saturated rings. The molecule has 0 spiro atoms. The summed E-state index contributed by atoms with van der Waals surface area (Å²) in [6.07, 6.45) is 5.40. The lowest BCUT2D eigenvalue weighted by Gasteiger charge is -2.19. The molecular formula is C26H34N2O. The van der Waals surface area contributed by atoms with E-state index in [1.807, 2.05) is 34.9 Å². The van der Waals surface area contributed by atoms with Crippen LogP contribution in [-0.4, -0.2) is 34.7 Å². The van der Waals surface area contributed by atoms with Gasteiger partial charge in [-0.3, -0.25) is 4.79 Å². The zero-order valence-corrected chi connectivity index (χ0v) is 18.3. The van der Waals surface area contributed by atoms with Crippen molar-refractivity contribution in [2.75, 3.05) is 19.6 Å². The van der Waals surface area contributed by atoms with Gasteiger partial charge in [-0.2, -0.15) is 0 Å². The second-order valence-corrected chi connectivity index (χ2v) is 8.16. The van der Waals surface area contributed by atoms with Crippen LogP contribution in [0, 0.1) is 0 Å². The fourth-order valence-corrected chi connectivity index (χ4v) is 4.04. The summed E-state index contributed by atoms with van der Waals surface area (Å²) >= 11 is 0. The first-order valence-corrected chi connectivity index (χ1v) is 11.0. The van der Waals surface area contributed by atoms with Crippen LogP contribution in [0.25, 0.3) is 5.52 Å². The quantitative estimate of drug-likeness (QED) is 0.399. The van der Waals surface area contributed by atoms with Crippen molar-refractivity contribution in [2.24, 2.45) is 0 Å². The van der Waals surface area contributed by atoms with Gasteiger partial charge in [0.1, 0.15) is 0 Å². The van der Waals surface area contributed by atoms with Gasteiger partial charge in [-0.05, 0) is 74.1 Å². The van der Waals surface area contributed by atoms with Crippen LogP contribution >= 0.6 is 0 Å². The lowest BCUT2D eigenvalue weighted by Crippen LogP contribution is -2.25. The molecule has 0 aliphatic carbocycles. The second-order valence-electron chi connectivity index (χ2n) is 8.16. The van der Waals surface area contributed by atoms with Crippen LogP contribution in [0.2, 0.25) is 0 Å². The minimum atomic E-state index is 0.103. The van der Waals surface area contributed by atoms with Gasteiger partial charge in [0.15, 0.2) is 0 Å². The third kappa shape index (κ3) is 4.97.